The lowest BCUT2D eigenvalue weighted by Crippen LogP contribution is -1.80. The van der Waals surface area contributed by atoms with Gasteiger partial charge in [-0.25, -0.2) is 4.98 Å². The highest BCUT2D eigenvalue weighted by molar-refractivity contribution is 7.15. The number of aromatic amines is 1. The Morgan fingerprint density at radius 1 is 1.36 bits per heavy atom. The molecule has 0 bridgehead atoms. The highest BCUT2D eigenvalue weighted by Gasteiger charge is 2.09. The van der Waals surface area contributed by atoms with Crippen LogP contribution in [0, 0.1) is 13.8 Å². The Kier molecular flexibility index (Phi) is 2.42. The number of thiophene rings is 1. The normalized spacial score (nSPS) is 10.8. The maximum absolute atomic E-state index is 4.57. The second kappa shape index (κ2) is 3.58. The van der Waals surface area contributed by atoms with Gasteiger partial charge in [0.1, 0.15) is 11.5 Å². The first-order chi connectivity index (χ1) is 6.70. The Morgan fingerprint density at radius 3 is 2.64 bits per heavy atom. The van der Waals surface area contributed by atoms with Crippen molar-refractivity contribution in [3.8, 4) is 10.6 Å². The lowest BCUT2D eigenvalue weighted by molar-refractivity contribution is 0.983. The summed E-state index contributed by atoms with van der Waals surface area (Å²) in [6.45, 7) is 6.31. The van der Waals surface area contributed by atoms with Crippen LogP contribution in [0.3, 0.4) is 0 Å². The van der Waals surface area contributed by atoms with Crippen molar-refractivity contribution in [1.82, 2.24) is 9.97 Å². The second-order valence-corrected chi connectivity index (χ2v) is 4.71. The van der Waals surface area contributed by atoms with E-state index in [-0.39, 0.29) is 0 Å². The quantitative estimate of drug-likeness (QED) is 0.802. The molecule has 0 spiro atoms. The molecule has 0 fully saturated rings. The zero-order chi connectivity index (χ0) is 10.1. The Bertz CT molecular complexity index is 440. The van der Waals surface area contributed by atoms with Crippen molar-refractivity contribution in [2.75, 3.05) is 0 Å². The van der Waals surface area contributed by atoms with E-state index in [9.17, 15) is 0 Å². The van der Waals surface area contributed by atoms with Crippen LogP contribution in [0.15, 0.2) is 12.1 Å². The van der Waals surface area contributed by atoms with Crippen molar-refractivity contribution >= 4 is 11.3 Å². The summed E-state index contributed by atoms with van der Waals surface area (Å²) in [4.78, 5) is 10.5. The van der Waals surface area contributed by atoms with Crippen LogP contribution < -0.4 is 0 Å². The fourth-order valence-electron chi connectivity index (χ4n) is 1.49. The number of aryl methyl sites for hydroxylation is 3. The van der Waals surface area contributed by atoms with Gasteiger partial charge in [0.05, 0.1) is 4.88 Å². The summed E-state index contributed by atoms with van der Waals surface area (Å²) in [5, 5.41) is 0. The SMILES string of the molecule is CCc1nc(-c2ccc(C)s2)c(C)[nH]1. The van der Waals surface area contributed by atoms with Crippen molar-refractivity contribution in [2.45, 2.75) is 27.2 Å². The summed E-state index contributed by atoms with van der Waals surface area (Å²) in [5.74, 6) is 1.07. The Morgan fingerprint density at radius 2 is 2.14 bits per heavy atom. The molecule has 14 heavy (non-hydrogen) atoms. The lowest BCUT2D eigenvalue weighted by atomic mass is 10.3. The van der Waals surface area contributed by atoms with E-state index in [1.807, 2.05) is 0 Å². The first-order valence-electron chi connectivity index (χ1n) is 4.83. The zero-order valence-electron chi connectivity index (χ0n) is 8.72. The summed E-state index contributed by atoms with van der Waals surface area (Å²) < 4.78 is 0. The average molecular weight is 206 g/mol. The summed E-state index contributed by atoms with van der Waals surface area (Å²) in [6.07, 6.45) is 0.963. The molecule has 2 nitrogen and oxygen atoms in total. The molecule has 0 aliphatic carbocycles. The van der Waals surface area contributed by atoms with E-state index in [0.717, 1.165) is 17.9 Å². The number of rotatable bonds is 2. The minimum Gasteiger partial charge on any atom is -0.346 e. The van der Waals surface area contributed by atoms with Gasteiger partial charge in [0.25, 0.3) is 0 Å². The van der Waals surface area contributed by atoms with E-state index in [1.165, 1.54) is 15.4 Å². The van der Waals surface area contributed by atoms with E-state index < -0.39 is 0 Å². The van der Waals surface area contributed by atoms with Crippen molar-refractivity contribution in [3.05, 3.63) is 28.5 Å². The number of aromatic nitrogens is 2. The molecule has 0 saturated carbocycles. The number of nitrogens with one attached hydrogen (secondary N) is 1. The van der Waals surface area contributed by atoms with Crippen molar-refractivity contribution in [3.63, 3.8) is 0 Å². The minimum absolute atomic E-state index is 0.963. The molecule has 74 valence electrons. The van der Waals surface area contributed by atoms with E-state index in [4.69, 9.17) is 0 Å². The Balaban J connectivity index is 2.45. The first kappa shape index (κ1) is 9.46. The highest BCUT2D eigenvalue weighted by atomic mass is 32.1. The maximum atomic E-state index is 4.57. The molecule has 2 aromatic rings. The number of hydrogen-bond donors (Lipinski definition) is 1. The van der Waals surface area contributed by atoms with Gasteiger partial charge in [0.2, 0.25) is 0 Å². The van der Waals surface area contributed by atoms with Crippen LogP contribution in [0.4, 0.5) is 0 Å². The van der Waals surface area contributed by atoms with Gasteiger partial charge in [0.15, 0.2) is 0 Å². The van der Waals surface area contributed by atoms with Crippen LogP contribution >= 0.6 is 11.3 Å². The third-order valence-corrected chi connectivity index (χ3v) is 3.25. The van der Waals surface area contributed by atoms with Crippen LogP contribution in [0.5, 0.6) is 0 Å². The highest BCUT2D eigenvalue weighted by Crippen LogP contribution is 2.28. The van der Waals surface area contributed by atoms with Gasteiger partial charge >= 0.3 is 0 Å². The van der Waals surface area contributed by atoms with E-state index >= 15 is 0 Å². The zero-order valence-corrected chi connectivity index (χ0v) is 9.53. The summed E-state index contributed by atoms with van der Waals surface area (Å²) in [5.41, 5.74) is 2.28. The standard InChI is InChI=1S/C11H14N2S/c1-4-10-12-8(3)11(13-10)9-6-5-7(2)14-9/h5-6H,4H2,1-3H3,(H,12,13). The van der Waals surface area contributed by atoms with E-state index in [2.05, 4.69) is 42.9 Å². The fraction of sp³-hybridized carbons (Fsp3) is 0.364. The fourth-order valence-corrected chi connectivity index (χ4v) is 2.41. The summed E-state index contributed by atoms with van der Waals surface area (Å²) >= 11 is 1.80. The predicted octanol–water partition coefficient (Wildman–Crippen LogP) is 3.32. The molecule has 0 radical (unpaired) electrons. The molecule has 2 aromatic heterocycles. The van der Waals surface area contributed by atoms with Crippen LogP contribution in [0.25, 0.3) is 10.6 Å². The largest absolute Gasteiger partial charge is 0.346 e. The van der Waals surface area contributed by atoms with Crippen molar-refractivity contribution < 1.29 is 0 Å². The van der Waals surface area contributed by atoms with Gasteiger partial charge in [-0.3, -0.25) is 0 Å². The lowest BCUT2D eigenvalue weighted by Gasteiger charge is -1.90. The summed E-state index contributed by atoms with van der Waals surface area (Å²) in [6, 6.07) is 4.28. The number of nitrogens with zero attached hydrogens (tertiary/aromatic N) is 1. The first-order valence-corrected chi connectivity index (χ1v) is 5.64. The Labute approximate surface area is 88.0 Å². The maximum Gasteiger partial charge on any atom is 0.106 e. The molecule has 0 aromatic carbocycles. The molecule has 0 atom stereocenters. The predicted molar refractivity (Wildman–Crippen MR) is 60.8 cm³/mol. The number of imidazole rings is 1. The molecule has 0 saturated heterocycles. The molecule has 0 aliphatic heterocycles. The summed E-state index contributed by atoms with van der Waals surface area (Å²) in [7, 11) is 0. The van der Waals surface area contributed by atoms with Gasteiger partial charge < -0.3 is 4.98 Å². The average Bonchev–Trinajstić information content (AvgIpc) is 2.71. The van der Waals surface area contributed by atoms with Crippen molar-refractivity contribution in [1.29, 1.82) is 0 Å². The number of hydrogen-bond acceptors (Lipinski definition) is 2. The van der Waals surface area contributed by atoms with Gasteiger partial charge in [-0.05, 0) is 26.0 Å². The molecule has 0 amide bonds. The number of H-pyrrole nitrogens is 1. The monoisotopic (exact) mass is 206 g/mol. The topological polar surface area (TPSA) is 28.7 Å². The van der Waals surface area contributed by atoms with Crippen LogP contribution in [0.2, 0.25) is 0 Å². The van der Waals surface area contributed by atoms with Crippen molar-refractivity contribution in [2.24, 2.45) is 0 Å². The van der Waals surface area contributed by atoms with Gasteiger partial charge in [0, 0.05) is 17.0 Å². The van der Waals surface area contributed by atoms with E-state index in [1.54, 1.807) is 11.3 Å². The van der Waals surface area contributed by atoms with Crippen LogP contribution in [-0.2, 0) is 6.42 Å². The second-order valence-electron chi connectivity index (χ2n) is 3.42. The minimum atomic E-state index is 0.963. The third-order valence-electron chi connectivity index (χ3n) is 2.24. The molecule has 0 aliphatic rings. The molecular formula is C11H14N2S. The molecule has 2 rings (SSSR count). The molecular weight excluding hydrogens is 192 g/mol. The molecule has 2 heterocycles. The van der Waals surface area contributed by atoms with Crippen LogP contribution in [-0.4, -0.2) is 9.97 Å². The molecule has 1 N–H and O–H groups in total. The molecule has 0 unspecified atom stereocenters. The smallest absolute Gasteiger partial charge is 0.106 e. The van der Waals surface area contributed by atoms with E-state index in [0.29, 0.717) is 0 Å². The third kappa shape index (κ3) is 1.60. The molecule has 3 heteroatoms. The van der Waals surface area contributed by atoms with Gasteiger partial charge in [-0.1, -0.05) is 6.92 Å². The van der Waals surface area contributed by atoms with Gasteiger partial charge in [-0.15, -0.1) is 11.3 Å². The van der Waals surface area contributed by atoms with Crippen LogP contribution in [0.1, 0.15) is 23.3 Å². The van der Waals surface area contributed by atoms with Gasteiger partial charge in [-0.2, -0.15) is 0 Å². The Hall–Kier alpha value is -1.09.